The number of rotatable bonds is 3. The van der Waals surface area contributed by atoms with Crippen LogP contribution in [0.2, 0.25) is 0 Å². The van der Waals surface area contributed by atoms with Crippen LogP contribution in [0.5, 0.6) is 0 Å². The van der Waals surface area contributed by atoms with E-state index in [0.29, 0.717) is 5.92 Å². The standard InChI is InChI=1S/C14H21FN2.ClH/c1-11(13-6-2-3-7-14(13)15)17-8-4-5-12(9-16)10-17;/h2-3,6-7,11-12H,4-5,8-10,16H2,1H3;1H. The molecule has 2 rings (SSSR count). The highest BCUT2D eigenvalue weighted by Gasteiger charge is 2.24. The lowest BCUT2D eigenvalue weighted by atomic mass is 9.95. The van der Waals surface area contributed by atoms with Gasteiger partial charge in [-0.15, -0.1) is 12.4 Å². The van der Waals surface area contributed by atoms with Gasteiger partial charge < -0.3 is 5.73 Å². The monoisotopic (exact) mass is 272 g/mol. The molecule has 2 nitrogen and oxygen atoms in total. The Morgan fingerprint density at radius 1 is 1.44 bits per heavy atom. The van der Waals surface area contributed by atoms with Crippen molar-refractivity contribution in [3.05, 3.63) is 35.6 Å². The first-order valence-electron chi connectivity index (χ1n) is 6.41. The van der Waals surface area contributed by atoms with Gasteiger partial charge >= 0.3 is 0 Å². The van der Waals surface area contributed by atoms with Crippen molar-refractivity contribution >= 4 is 12.4 Å². The normalized spacial score (nSPS) is 22.3. The van der Waals surface area contributed by atoms with E-state index in [9.17, 15) is 4.39 Å². The summed E-state index contributed by atoms with van der Waals surface area (Å²) in [5.74, 6) is 0.466. The number of piperidine rings is 1. The van der Waals surface area contributed by atoms with Gasteiger partial charge in [0.25, 0.3) is 0 Å². The van der Waals surface area contributed by atoms with E-state index in [0.717, 1.165) is 25.2 Å². The summed E-state index contributed by atoms with van der Waals surface area (Å²) < 4.78 is 13.7. The van der Waals surface area contributed by atoms with E-state index >= 15 is 0 Å². The Bertz CT molecular complexity index is 373. The van der Waals surface area contributed by atoms with Crippen LogP contribution in [0.1, 0.15) is 31.4 Å². The summed E-state index contributed by atoms with van der Waals surface area (Å²) in [5.41, 5.74) is 6.53. The number of nitrogens with zero attached hydrogens (tertiary/aromatic N) is 1. The molecular weight excluding hydrogens is 251 g/mol. The summed E-state index contributed by atoms with van der Waals surface area (Å²) in [4.78, 5) is 2.35. The van der Waals surface area contributed by atoms with Crippen molar-refractivity contribution in [2.24, 2.45) is 11.7 Å². The average Bonchev–Trinajstić information content (AvgIpc) is 2.38. The second-order valence-electron chi connectivity index (χ2n) is 4.94. The molecule has 102 valence electrons. The van der Waals surface area contributed by atoms with Gasteiger partial charge in [0.15, 0.2) is 0 Å². The van der Waals surface area contributed by atoms with E-state index in [1.54, 1.807) is 6.07 Å². The van der Waals surface area contributed by atoms with Crippen LogP contribution in [-0.4, -0.2) is 24.5 Å². The van der Waals surface area contributed by atoms with Crippen LogP contribution in [0, 0.1) is 11.7 Å². The van der Waals surface area contributed by atoms with Crippen molar-refractivity contribution in [2.45, 2.75) is 25.8 Å². The predicted octanol–water partition coefficient (Wildman–Crippen LogP) is 2.98. The maximum atomic E-state index is 13.7. The Morgan fingerprint density at radius 3 is 2.83 bits per heavy atom. The Balaban J connectivity index is 0.00000162. The zero-order valence-corrected chi connectivity index (χ0v) is 11.6. The van der Waals surface area contributed by atoms with Crippen molar-refractivity contribution < 1.29 is 4.39 Å². The first-order chi connectivity index (χ1) is 8.22. The number of hydrogen-bond donors (Lipinski definition) is 1. The molecule has 1 aromatic carbocycles. The van der Waals surface area contributed by atoms with Gasteiger partial charge in [-0.2, -0.15) is 0 Å². The van der Waals surface area contributed by atoms with Crippen LogP contribution >= 0.6 is 12.4 Å². The summed E-state index contributed by atoms with van der Waals surface area (Å²) >= 11 is 0. The van der Waals surface area contributed by atoms with Crippen molar-refractivity contribution in [3.63, 3.8) is 0 Å². The largest absolute Gasteiger partial charge is 0.330 e. The quantitative estimate of drug-likeness (QED) is 0.917. The molecule has 4 heteroatoms. The second-order valence-corrected chi connectivity index (χ2v) is 4.94. The lowest BCUT2D eigenvalue weighted by Crippen LogP contribution is -2.39. The minimum absolute atomic E-state index is 0. The molecule has 1 fully saturated rings. The number of nitrogens with two attached hydrogens (primary N) is 1. The van der Waals surface area contributed by atoms with Gasteiger partial charge in [0.05, 0.1) is 0 Å². The van der Waals surface area contributed by atoms with Crippen LogP contribution in [0.15, 0.2) is 24.3 Å². The molecule has 1 aromatic rings. The van der Waals surface area contributed by atoms with E-state index in [1.807, 2.05) is 12.1 Å². The maximum Gasteiger partial charge on any atom is 0.127 e. The molecule has 0 bridgehead atoms. The van der Waals surface area contributed by atoms with Gasteiger partial charge in [0, 0.05) is 18.2 Å². The smallest absolute Gasteiger partial charge is 0.127 e. The van der Waals surface area contributed by atoms with Gasteiger partial charge in [-0.05, 0) is 44.8 Å². The summed E-state index contributed by atoms with van der Waals surface area (Å²) in [5, 5.41) is 0. The minimum atomic E-state index is -0.102. The van der Waals surface area contributed by atoms with E-state index < -0.39 is 0 Å². The van der Waals surface area contributed by atoms with Gasteiger partial charge in [-0.1, -0.05) is 18.2 Å². The van der Waals surface area contributed by atoms with E-state index in [-0.39, 0.29) is 24.3 Å². The van der Waals surface area contributed by atoms with E-state index in [4.69, 9.17) is 5.73 Å². The van der Waals surface area contributed by atoms with Gasteiger partial charge in [-0.3, -0.25) is 4.90 Å². The number of benzene rings is 1. The van der Waals surface area contributed by atoms with Crippen LogP contribution in [0.25, 0.3) is 0 Å². The maximum absolute atomic E-state index is 13.7. The first-order valence-corrected chi connectivity index (χ1v) is 6.41. The molecular formula is C14H22ClFN2. The van der Waals surface area contributed by atoms with Crippen LogP contribution in [0.4, 0.5) is 4.39 Å². The summed E-state index contributed by atoms with van der Waals surface area (Å²) in [6, 6.07) is 7.21. The van der Waals surface area contributed by atoms with Gasteiger partial charge in [0.1, 0.15) is 5.82 Å². The Morgan fingerprint density at radius 2 is 2.17 bits per heavy atom. The highest BCUT2D eigenvalue weighted by Crippen LogP contribution is 2.27. The third-order valence-corrected chi connectivity index (χ3v) is 3.79. The molecule has 2 unspecified atom stereocenters. The van der Waals surface area contributed by atoms with Crippen LogP contribution in [0.3, 0.4) is 0 Å². The lowest BCUT2D eigenvalue weighted by Gasteiger charge is -2.36. The Hall–Kier alpha value is -0.640. The van der Waals surface area contributed by atoms with Crippen molar-refractivity contribution in [3.8, 4) is 0 Å². The molecule has 1 heterocycles. The number of hydrogen-bond acceptors (Lipinski definition) is 2. The summed E-state index contributed by atoms with van der Waals surface area (Å²) in [7, 11) is 0. The van der Waals surface area contributed by atoms with Crippen LogP contribution < -0.4 is 5.73 Å². The minimum Gasteiger partial charge on any atom is -0.330 e. The highest BCUT2D eigenvalue weighted by molar-refractivity contribution is 5.85. The predicted molar refractivity (Wildman–Crippen MR) is 75.4 cm³/mol. The highest BCUT2D eigenvalue weighted by atomic mass is 35.5. The van der Waals surface area contributed by atoms with Crippen molar-refractivity contribution in [2.75, 3.05) is 19.6 Å². The molecule has 0 aliphatic carbocycles. The first kappa shape index (κ1) is 15.4. The fourth-order valence-corrected chi connectivity index (χ4v) is 2.65. The topological polar surface area (TPSA) is 29.3 Å². The third-order valence-electron chi connectivity index (χ3n) is 3.79. The summed E-state index contributed by atoms with van der Waals surface area (Å²) in [6.07, 6.45) is 2.37. The van der Waals surface area contributed by atoms with E-state index in [2.05, 4.69) is 11.8 Å². The van der Waals surface area contributed by atoms with Crippen molar-refractivity contribution in [1.29, 1.82) is 0 Å². The molecule has 2 atom stereocenters. The fourth-order valence-electron chi connectivity index (χ4n) is 2.65. The second kappa shape index (κ2) is 7.07. The Kier molecular flexibility index (Phi) is 6.06. The SMILES string of the molecule is CC(c1ccccc1F)N1CCCC(CN)C1.Cl. The molecule has 0 amide bonds. The zero-order chi connectivity index (χ0) is 12.3. The fraction of sp³-hybridized carbons (Fsp3) is 0.571. The van der Waals surface area contributed by atoms with Crippen molar-refractivity contribution in [1.82, 2.24) is 4.90 Å². The number of halogens is 2. The molecule has 1 saturated heterocycles. The van der Waals surface area contributed by atoms with Gasteiger partial charge in [-0.25, -0.2) is 4.39 Å². The molecule has 0 aromatic heterocycles. The molecule has 18 heavy (non-hydrogen) atoms. The van der Waals surface area contributed by atoms with E-state index in [1.165, 1.54) is 18.9 Å². The lowest BCUT2D eigenvalue weighted by molar-refractivity contribution is 0.132. The van der Waals surface area contributed by atoms with Gasteiger partial charge in [0.2, 0.25) is 0 Å². The van der Waals surface area contributed by atoms with Crippen LogP contribution in [-0.2, 0) is 0 Å². The average molecular weight is 273 g/mol. The molecule has 2 N–H and O–H groups in total. The summed E-state index contributed by atoms with van der Waals surface area (Å²) in [6.45, 7) is 4.86. The Labute approximate surface area is 115 Å². The molecule has 0 spiro atoms. The molecule has 0 saturated carbocycles. The number of likely N-dealkylation sites (tertiary alicyclic amines) is 1. The molecule has 1 aliphatic rings. The molecule has 1 aliphatic heterocycles. The zero-order valence-electron chi connectivity index (χ0n) is 10.8. The molecule has 0 radical (unpaired) electrons. The third kappa shape index (κ3) is 3.44.